The van der Waals surface area contributed by atoms with Crippen LogP contribution in [0, 0.1) is 0 Å². The van der Waals surface area contributed by atoms with Gasteiger partial charge in [0.15, 0.2) is 0 Å². The molecule has 30 heavy (non-hydrogen) atoms. The summed E-state index contributed by atoms with van der Waals surface area (Å²) in [7, 11) is 6.47. The summed E-state index contributed by atoms with van der Waals surface area (Å²) >= 11 is 0. The lowest BCUT2D eigenvalue weighted by atomic mass is 9.97. The minimum Gasteiger partial charge on any atom is -0.496 e. The van der Waals surface area contributed by atoms with Gasteiger partial charge in [-0.2, -0.15) is 0 Å². The van der Waals surface area contributed by atoms with E-state index in [1.54, 1.807) is 45.5 Å². The Morgan fingerprint density at radius 1 is 0.933 bits per heavy atom. The molecule has 0 fully saturated rings. The third-order valence-corrected chi connectivity index (χ3v) is 5.10. The zero-order valence-corrected chi connectivity index (χ0v) is 17.8. The minimum atomic E-state index is -0.0372. The van der Waals surface area contributed by atoms with Crippen LogP contribution in [0.4, 0.5) is 0 Å². The van der Waals surface area contributed by atoms with E-state index in [0.717, 1.165) is 22.4 Å². The van der Waals surface area contributed by atoms with E-state index in [4.69, 9.17) is 18.9 Å². The minimum absolute atomic E-state index is 0.0372. The summed E-state index contributed by atoms with van der Waals surface area (Å²) in [5.74, 6) is 2.75. The molecule has 6 heteroatoms. The van der Waals surface area contributed by atoms with Crippen LogP contribution >= 0.6 is 0 Å². The van der Waals surface area contributed by atoms with Gasteiger partial charge in [-0.25, -0.2) is 0 Å². The van der Waals surface area contributed by atoms with E-state index in [1.165, 1.54) is 0 Å². The van der Waals surface area contributed by atoms with Gasteiger partial charge in [-0.3, -0.25) is 4.79 Å². The monoisotopic (exact) mass is 409 g/mol. The van der Waals surface area contributed by atoms with Crippen molar-refractivity contribution in [2.45, 2.75) is 6.42 Å². The summed E-state index contributed by atoms with van der Waals surface area (Å²) in [4.78, 5) is 14.5. The van der Waals surface area contributed by atoms with E-state index < -0.39 is 0 Å². The summed E-state index contributed by atoms with van der Waals surface area (Å²) in [5, 5.41) is 0. The number of rotatable bonds is 7. The SMILES string of the molecule is COc1cc(OC)c(C2=CCN(C(=O)C=Cc3ccccc3OC)CC2)c(OC)c1. The molecule has 0 radical (unpaired) electrons. The van der Waals surface area contributed by atoms with Crippen molar-refractivity contribution in [2.75, 3.05) is 41.5 Å². The van der Waals surface area contributed by atoms with E-state index in [9.17, 15) is 4.79 Å². The van der Waals surface area contributed by atoms with Crippen molar-refractivity contribution >= 4 is 17.6 Å². The number of methoxy groups -OCH3 is 4. The fraction of sp³-hybridized carbons (Fsp3) is 0.292. The van der Waals surface area contributed by atoms with Gasteiger partial charge in [0.05, 0.1) is 34.0 Å². The average Bonchev–Trinajstić information content (AvgIpc) is 2.81. The molecule has 0 unspecified atom stereocenters. The Hall–Kier alpha value is -3.41. The van der Waals surface area contributed by atoms with E-state index in [0.29, 0.717) is 36.8 Å². The molecule has 2 aromatic rings. The van der Waals surface area contributed by atoms with Crippen molar-refractivity contribution in [3.05, 3.63) is 59.7 Å². The number of para-hydroxylation sites is 1. The van der Waals surface area contributed by atoms with Crippen molar-refractivity contribution in [3.8, 4) is 23.0 Å². The summed E-state index contributed by atoms with van der Waals surface area (Å²) in [6.07, 6.45) is 6.12. The molecule has 0 saturated carbocycles. The van der Waals surface area contributed by atoms with Gasteiger partial charge in [-0.05, 0) is 24.1 Å². The molecule has 6 nitrogen and oxygen atoms in total. The van der Waals surface area contributed by atoms with Gasteiger partial charge in [0.2, 0.25) is 5.91 Å². The molecule has 0 saturated heterocycles. The maximum absolute atomic E-state index is 12.6. The topological polar surface area (TPSA) is 57.2 Å². The number of ether oxygens (including phenoxy) is 4. The van der Waals surface area contributed by atoms with Crippen molar-refractivity contribution in [3.63, 3.8) is 0 Å². The van der Waals surface area contributed by atoms with Gasteiger partial charge in [0.1, 0.15) is 23.0 Å². The first-order chi connectivity index (χ1) is 14.6. The fourth-order valence-corrected chi connectivity index (χ4v) is 3.49. The lowest BCUT2D eigenvalue weighted by molar-refractivity contribution is -0.125. The van der Waals surface area contributed by atoms with Crippen molar-refractivity contribution in [1.82, 2.24) is 4.90 Å². The van der Waals surface area contributed by atoms with Crippen LogP contribution in [0.3, 0.4) is 0 Å². The third-order valence-electron chi connectivity index (χ3n) is 5.10. The molecule has 2 aromatic carbocycles. The quantitative estimate of drug-likeness (QED) is 0.646. The van der Waals surface area contributed by atoms with E-state index in [1.807, 2.05) is 42.5 Å². The smallest absolute Gasteiger partial charge is 0.246 e. The van der Waals surface area contributed by atoms with Crippen LogP contribution in [0.25, 0.3) is 11.6 Å². The largest absolute Gasteiger partial charge is 0.496 e. The highest BCUT2D eigenvalue weighted by Gasteiger charge is 2.22. The first kappa shape index (κ1) is 21.3. The second-order valence-electron chi connectivity index (χ2n) is 6.75. The molecule has 1 heterocycles. The van der Waals surface area contributed by atoms with E-state index in [-0.39, 0.29) is 5.91 Å². The first-order valence-electron chi connectivity index (χ1n) is 9.70. The summed E-state index contributed by atoms with van der Waals surface area (Å²) in [6, 6.07) is 11.3. The first-order valence-corrected chi connectivity index (χ1v) is 9.70. The number of amides is 1. The third kappa shape index (κ3) is 4.59. The van der Waals surface area contributed by atoms with Gasteiger partial charge in [-0.15, -0.1) is 0 Å². The molecule has 0 bridgehead atoms. The fourth-order valence-electron chi connectivity index (χ4n) is 3.49. The van der Waals surface area contributed by atoms with Gasteiger partial charge in [0, 0.05) is 36.9 Å². The average molecular weight is 409 g/mol. The maximum Gasteiger partial charge on any atom is 0.246 e. The molecule has 0 aromatic heterocycles. The molecule has 1 aliphatic heterocycles. The molecule has 1 aliphatic rings. The Morgan fingerprint density at radius 3 is 2.17 bits per heavy atom. The van der Waals surface area contributed by atoms with Gasteiger partial charge in [-0.1, -0.05) is 24.3 Å². The standard InChI is InChI=1S/C24H27NO5/c1-27-19-15-21(29-3)24(22(16-19)30-4)18-11-13-25(14-12-18)23(26)10-9-17-7-5-6-8-20(17)28-2/h5-11,15-16H,12-14H2,1-4H3. The van der Waals surface area contributed by atoms with Gasteiger partial charge >= 0.3 is 0 Å². The molecule has 0 atom stereocenters. The predicted molar refractivity (Wildman–Crippen MR) is 117 cm³/mol. The van der Waals surface area contributed by atoms with Crippen LogP contribution < -0.4 is 18.9 Å². The molecule has 0 spiro atoms. The number of hydrogen-bond donors (Lipinski definition) is 0. The number of carbonyl (C=O) groups is 1. The van der Waals surface area contributed by atoms with Crippen LogP contribution in [0.5, 0.6) is 23.0 Å². The second-order valence-corrected chi connectivity index (χ2v) is 6.75. The van der Waals surface area contributed by atoms with Crippen LogP contribution in [0.2, 0.25) is 0 Å². The normalized spacial score (nSPS) is 13.7. The van der Waals surface area contributed by atoms with Crippen molar-refractivity contribution in [1.29, 1.82) is 0 Å². The number of nitrogens with zero attached hydrogens (tertiary/aromatic N) is 1. The summed E-state index contributed by atoms with van der Waals surface area (Å²) in [5.41, 5.74) is 2.86. The molecule has 3 rings (SSSR count). The lowest BCUT2D eigenvalue weighted by Gasteiger charge is -2.27. The Balaban J connectivity index is 1.77. The highest BCUT2D eigenvalue weighted by Crippen LogP contribution is 2.40. The highest BCUT2D eigenvalue weighted by atomic mass is 16.5. The van der Waals surface area contributed by atoms with E-state index in [2.05, 4.69) is 0 Å². The summed E-state index contributed by atoms with van der Waals surface area (Å²) in [6.45, 7) is 1.13. The van der Waals surface area contributed by atoms with Gasteiger partial charge in [0.25, 0.3) is 0 Å². The van der Waals surface area contributed by atoms with Gasteiger partial charge < -0.3 is 23.8 Å². The van der Waals surface area contributed by atoms with Crippen molar-refractivity contribution < 1.29 is 23.7 Å². The maximum atomic E-state index is 12.6. The molecular formula is C24H27NO5. The number of hydrogen-bond acceptors (Lipinski definition) is 5. The zero-order chi connectivity index (χ0) is 21.5. The molecule has 1 amide bonds. The van der Waals surface area contributed by atoms with E-state index >= 15 is 0 Å². The highest BCUT2D eigenvalue weighted by molar-refractivity contribution is 5.93. The zero-order valence-electron chi connectivity index (χ0n) is 17.8. The molecule has 0 N–H and O–H groups in total. The van der Waals surface area contributed by atoms with Crippen LogP contribution in [-0.2, 0) is 4.79 Å². The van der Waals surface area contributed by atoms with Crippen LogP contribution in [0.15, 0.2) is 48.6 Å². The molecular weight excluding hydrogens is 382 g/mol. The second kappa shape index (κ2) is 9.87. The van der Waals surface area contributed by atoms with Crippen LogP contribution in [0.1, 0.15) is 17.5 Å². The molecule has 0 aliphatic carbocycles. The predicted octanol–water partition coefficient (Wildman–Crippen LogP) is 4.05. The Morgan fingerprint density at radius 2 is 1.60 bits per heavy atom. The van der Waals surface area contributed by atoms with Crippen LogP contribution in [-0.4, -0.2) is 52.3 Å². The Bertz CT molecular complexity index is 939. The van der Waals surface area contributed by atoms with Crippen molar-refractivity contribution in [2.24, 2.45) is 0 Å². The summed E-state index contributed by atoms with van der Waals surface area (Å²) < 4.78 is 21.8. The number of benzene rings is 2. The number of carbonyl (C=O) groups excluding carboxylic acids is 1. The Labute approximate surface area is 177 Å². The Kier molecular flexibility index (Phi) is 7.01. The molecule has 158 valence electrons. The lowest BCUT2D eigenvalue weighted by Crippen LogP contribution is -2.33.